The fourth-order valence-electron chi connectivity index (χ4n) is 2.54. The van der Waals surface area contributed by atoms with Gasteiger partial charge in [-0.3, -0.25) is 4.79 Å². The number of H-pyrrole nitrogens is 1. The molecule has 3 aromatic rings. The van der Waals surface area contributed by atoms with E-state index in [1.165, 1.54) is 6.26 Å². The second-order valence-electron chi connectivity index (χ2n) is 6.35. The Hall–Kier alpha value is -2.47. The quantitative estimate of drug-likeness (QED) is 0.732. The molecule has 0 bridgehead atoms. The number of rotatable bonds is 5. The van der Waals surface area contributed by atoms with Crippen LogP contribution < -0.4 is 10.1 Å². The number of halogens is 1. The molecule has 2 N–H and O–H groups in total. The molecule has 2 aromatic heterocycles. The van der Waals surface area contributed by atoms with Crippen molar-refractivity contribution in [2.24, 2.45) is 5.41 Å². The Morgan fingerprint density at radius 1 is 1.46 bits per heavy atom. The molecule has 1 saturated carbocycles. The molecular weight excluding hydrogens is 330 g/mol. The Morgan fingerprint density at radius 2 is 2.29 bits per heavy atom. The average Bonchev–Trinajstić information content (AvgIpc) is 2.98. The molecule has 24 heavy (non-hydrogen) atoms. The van der Waals surface area contributed by atoms with Crippen LogP contribution >= 0.6 is 11.6 Å². The summed E-state index contributed by atoms with van der Waals surface area (Å²) >= 11 is 6.26. The standard InChI is InChI=1S/C17H16ClN3O3/c1-17(3-4-17)16(22)19-9-11-6-10-7-12(18)14(8-13(10)20-11)24-15-2-5-23-21-15/h2,5-8,20H,3-4,9H2,1H3,(H,19,22). The van der Waals surface area contributed by atoms with Crippen LogP contribution in [0.15, 0.2) is 35.1 Å². The van der Waals surface area contributed by atoms with E-state index in [1.807, 2.05) is 19.1 Å². The van der Waals surface area contributed by atoms with Crippen molar-refractivity contribution in [2.75, 3.05) is 0 Å². The maximum Gasteiger partial charge on any atom is 0.259 e. The minimum Gasteiger partial charge on any atom is -0.435 e. The minimum absolute atomic E-state index is 0.106. The van der Waals surface area contributed by atoms with Gasteiger partial charge in [-0.05, 0) is 30.1 Å². The van der Waals surface area contributed by atoms with Crippen molar-refractivity contribution >= 4 is 28.4 Å². The molecular formula is C17H16ClN3O3. The van der Waals surface area contributed by atoms with Gasteiger partial charge in [-0.15, -0.1) is 0 Å². The van der Waals surface area contributed by atoms with E-state index in [1.54, 1.807) is 12.1 Å². The summed E-state index contributed by atoms with van der Waals surface area (Å²) in [5.74, 6) is 0.934. The normalized spacial score (nSPS) is 15.4. The summed E-state index contributed by atoms with van der Waals surface area (Å²) in [6.07, 6.45) is 3.35. The van der Waals surface area contributed by atoms with Gasteiger partial charge in [-0.25, -0.2) is 0 Å². The average molecular weight is 346 g/mol. The highest BCUT2D eigenvalue weighted by atomic mass is 35.5. The largest absolute Gasteiger partial charge is 0.435 e. The van der Waals surface area contributed by atoms with Crippen LogP contribution in [0.3, 0.4) is 0 Å². The number of aromatic amines is 1. The van der Waals surface area contributed by atoms with Gasteiger partial charge in [-0.2, -0.15) is 0 Å². The maximum atomic E-state index is 12.0. The molecule has 124 valence electrons. The topological polar surface area (TPSA) is 80.2 Å². The maximum absolute atomic E-state index is 12.0. The molecule has 4 rings (SSSR count). The first-order valence-corrected chi connectivity index (χ1v) is 8.09. The van der Waals surface area contributed by atoms with Crippen LogP contribution in [0.2, 0.25) is 5.02 Å². The van der Waals surface area contributed by atoms with Gasteiger partial charge >= 0.3 is 0 Å². The number of fused-ring (bicyclic) bond motifs is 1. The molecule has 1 aromatic carbocycles. The van der Waals surface area contributed by atoms with E-state index in [9.17, 15) is 4.79 Å². The smallest absolute Gasteiger partial charge is 0.259 e. The predicted molar refractivity (Wildman–Crippen MR) is 89.1 cm³/mol. The lowest BCUT2D eigenvalue weighted by Crippen LogP contribution is -2.29. The van der Waals surface area contributed by atoms with Crippen LogP contribution in [0.1, 0.15) is 25.5 Å². The molecule has 2 heterocycles. The third-order valence-electron chi connectivity index (χ3n) is 4.35. The van der Waals surface area contributed by atoms with Gasteiger partial charge in [0.1, 0.15) is 12.0 Å². The Balaban J connectivity index is 1.53. The van der Waals surface area contributed by atoms with Crippen molar-refractivity contribution in [1.82, 2.24) is 15.5 Å². The van der Waals surface area contributed by atoms with Crippen LogP contribution in [0, 0.1) is 5.41 Å². The summed E-state index contributed by atoms with van der Waals surface area (Å²) in [5.41, 5.74) is 1.62. The van der Waals surface area contributed by atoms with Gasteiger partial charge in [0.2, 0.25) is 5.91 Å². The van der Waals surface area contributed by atoms with Gasteiger partial charge in [0.15, 0.2) is 0 Å². The number of carbonyl (C=O) groups excluding carboxylic acids is 1. The molecule has 7 heteroatoms. The number of hydrogen-bond acceptors (Lipinski definition) is 4. The first kappa shape index (κ1) is 15.1. The van der Waals surface area contributed by atoms with Crippen molar-refractivity contribution in [2.45, 2.75) is 26.3 Å². The van der Waals surface area contributed by atoms with E-state index in [2.05, 4.69) is 15.5 Å². The Labute approximate surface area is 143 Å². The molecule has 0 radical (unpaired) electrons. The summed E-state index contributed by atoms with van der Waals surface area (Å²) in [7, 11) is 0. The van der Waals surface area contributed by atoms with Crippen molar-refractivity contribution < 1.29 is 14.1 Å². The second-order valence-corrected chi connectivity index (χ2v) is 6.75. The third-order valence-corrected chi connectivity index (χ3v) is 4.64. The SMILES string of the molecule is CC1(C(=O)NCc2cc3cc(Cl)c(Oc4ccon4)cc3[nH]2)CC1. The molecule has 0 aliphatic heterocycles. The zero-order valence-electron chi connectivity index (χ0n) is 13.1. The van der Waals surface area contributed by atoms with Crippen molar-refractivity contribution in [3.05, 3.63) is 41.2 Å². The highest BCUT2D eigenvalue weighted by molar-refractivity contribution is 6.32. The van der Waals surface area contributed by atoms with E-state index in [0.29, 0.717) is 23.2 Å². The lowest BCUT2D eigenvalue weighted by molar-refractivity contribution is -0.125. The highest BCUT2D eigenvalue weighted by Crippen LogP contribution is 2.45. The monoisotopic (exact) mass is 345 g/mol. The minimum atomic E-state index is -0.173. The number of nitrogens with one attached hydrogen (secondary N) is 2. The number of amides is 1. The Morgan fingerprint density at radius 3 is 3.00 bits per heavy atom. The van der Waals surface area contributed by atoms with Gasteiger partial charge in [-0.1, -0.05) is 18.5 Å². The van der Waals surface area contributed by atoms with Gasteiger partial charge in [0.25, 0.3) is 5.88 Å². The summed E-state index contributed by atoms with van der Waals surface area (Å²) in [6.45, 7) is 2.45. The lowest BCUT2D eigenvalue weighted by Gasteiger charge is -2.08. The molecule has 1 fully saturated rings. The van der Waals surface area contributed by atoms with Crippen LogP contribution in [-0.4, -0.2) is 16.0 Å². The number of benzene rings is 1. The van der Waals surface area contributed by atoms with E-state index < -0.39 is 0 Å². The fraction of sp³-hybridized carbons (Fsp3) is 0.294. The molecule has 0 unspecified atom stereocenters. The van der Waals surface area contributed by atoms with Crippen LogP contribution in [-0.2, 0) is 11.3 Å². The summed E-state index contributed by atoms with van der Waals surface area (Å²) in [4.78, 5) is 15.3. The second kappa shape index (κ2) is 5.56. The first-order chi connectivity index (χ1) is 11.5. The van der Waals surface area contributed by atoms with Crippen molar-refractivity contribution in [3.63, 3.8) is 0 Å². The molecule has 6 nitrogen and oxygen atoms in total. The van der Waals surface area contributed by atoms with E-state index in [0.717, 1.165) is 29.4 Å². The first-order valence-electron chi connectivity index (χ1n) is 7.71. The molecule has 0 spiro atoms. The summed E-state index contributed by atoms with van der Waals surface area (Å²) < 4.78 is 10.3. The summed E-state index contributed by atoms with van der Waals surface area (Å²) in [6, 6.07) is 7.20. The Bertz CT molecular complexity index is 897. The number of ether oxygens (including phenoxy) is 1. The molecule has 1 aliphatic rings. The van der Waals surface area contributed by atoms with Crippen LogP contribution in [0.4, 0.5) is 0 Å². The summed E-state index contributed by atoms with van der Waals surface area (Å²) in [5, 5.41) is 8.10. The predicted octanol–water partition coefficient (Wildman–Crippen LogP) is 4.02. The third kappa shape index (κ3) is 2.85. The van der Waals surface area contributed by atoms with Gasteiger partial charge in [0, 0.05) is 34.1 Å². The Kier molecular flexibility index (Phi) is 3.49. The van der Waals surface area contributed by atoms with Crippen molar-refractivity contribution in [1.29, 1.82) is 0 Å². The molecule has 0 saturated heterocycles. The van der Waals surface area contributed by atoms with E-state index in [4.69, 9.17) is 20.9 Å². The van der Waals surface area contributed by atoms with Gasteiger partial charge < -0.3 is 19.6 Å². The van der Waals surface area contributed by atoms with E-state index in [-0.39, 0.29) is 11.3 Å². The number of aromatic nitrogens is 2. The van der Waals surface area contributed by atoms with Crippen LogP contribution in [0.25, 0.3) is 10.9 Å². The highest BCUT2D eigenvalue weighted by Gasteiger charge is 2.44. The zero-order chi connectivity index (χ0) is 16.7. The zero-order valence-corrected chi connectivity index (χ0v) is 13.8. The number of carbonyl (C=O) groups is 1. The molecule has 1 aliphatic carbocycles. The van der Waals surface area contributed by atoms with Crippen molar-refractivity contribution in [3.8, 4) is 11.6 Å². The number of hydrogen-bond donors (Lipinski definition) is 2. The van der Waals surface area contributed by atoms with Gasteiger partial charge in [0.05, 0.1) is 11.6 Å². The fourth-order valence-corrected chi connectivity index (χ4v) is 2.75. The van der Waals surface area contributed by atoms with E-state index >= 15 is 0 Å². The van der Waals surface area contributed by atoms with Crippen LogP contribution in [0.5, 0.6) is 11.6 Å². The number of nitrogens with zero attached hydrogens (tertiary/aromatic N) is 1. The molecule has 1 amide bonds. The molecule has 0 atom stereocenters. The lowest BCUT2D eigenvalue weighted by atomic mass is 10.1.